The second-order valence-corrected chi connectivity index (χ2v) is 9.39. The Kier molecular flexibility index (Phi) is 6.22. The third kappa shape index (κ3) is 4.24. The molecular weight excluding hydrogens is 470 g/mol. The van der Waals surface area contributed by atoms with Gasteiger partial charge >= 0.3 is 0 Å². The van der Waals surface area contributed by atoms with Gasteiger partial charge in [-0.3, -0.25) is 9.59 Å². The predicted octanol–water partition coefficient (Wildman–Crippen LogP) is 5.15. The first-order valence-electron chi connectivity index (χ1n) is 10.9. The molecule has 172 valence electrons. The SMILES string of the molecule is COc1c(Cl)ccc2sc(N3CCN(C(=O)c4ccc(C(=O)c5ccccc5)cc4)CC3)nc12. The van der Waals surface area contributed by atoms with E-state index in [0.717, 1.165) is 15.3 Å². The van der Waals surface area contributed by atoms with Crippen molar-refractivity contribution in [3.63, 3.8) is 0 Å². The summed E-state index contributed by atoms with van der Waals surface area (Å²) in [5, 5.41) is 1.44. The minimum Gasteiger partial charge on any atom is -0.493 e. The Hall–Kier alpha value is -3.42. The summed E-state index contributed by atoms with van der Waals surface area (Å²) in [6.07, 6.45) is 0. The first-order chi connectivity index (χ1) is 16.5. The third-order valence-corrected chi connectivity index (χ3v) is 7.31. The lowest BCUT2D eigenvalue weighted by atomic mass is 10.0. The summed E-state index contributed by atoms with van der Waals surface area (Å²) in [5.74, 6) is 0.503. The summed E-state index contributed by atoms with van der Waals surface area (Å²) in [6, 6.07) is 19.8. The zero-order valence-corrected chi connectivity index (χ0v) is 20.1. The van der Waals surface area contributed by atoms with E-state index in [1.54, 1.807) is 54.8 Å². The van der Waals surface area contributed by atoms with E-state index in [9.17, 15) is 9.59 Å². The molecule has 1 saturated heterocycles. The van der Waals surface area contributed by atoms with Crippen molar-refractivity contribution in [2.75, 3.05) is 38.2 Å². The van der Waals surface area contributed by atoms with Crippen LogP contribution in [0.5, 0.6) is 5.75 Å². The first-order valence-corrected chi connectivity index (χ1v) is 12.1. The molecule has 1 fully saturated rings. The molecule has 1 aliphatic rings. The van der Waals surface area contributed by atoms with Gasteiger partial charge in [0.2, 0.25) is 0 Å². The Labute approximate surface area is 206 Å². The number of nitrogens with zero attached hydrogens (tertiary/aromatic N) is 3. The number of ether oxygens (including phenoxy) is 1. The zero-order valence-electron chi connectivity index (χ0n) is 18.5. The molecule has 8 heteroatoms. The third-order valence-electron chi connectivity index (χ3n) is 5.93. The predicted molar refractivity (Wildman–Crippen MR) is 136 cm³/mol. The summed E-state index contributed by atoms with van der Waals surface area (Å²) >= 11 is 7.82. The molecule has 4 aromatic rings. The van der Waals surface area contributed by atoms with Gasteiger partial charge in [-0.15, -0.1) is 0 Å². The number of carbonyl (C=O) groups excluding carboxylic acids is 2. The number of fused-ring (bicyclic) bond motifs is 1. The summed E-state index contributed by atoms with van der Waals surface area (Å²) in [6.45, 7) is 2.56. The Morgan fingerprint density at radius 1 is 0.882 bits per heavy atom. The molecular formula is C26H22ClN3O3S. The van der Waals surface area contributed by atoms with E-state index in [1.807, 2.05) is 35.2 Å². The van der Waals surface area contributed by atoms with Crippen molar-refractivity contribution < 1.29 is 14.3 Å². The highest BCUT2D eigenvalue weighted by molar-refractivity contribution is 7.22. The average molecular weight is 492 g/mol. The van der Waals surface area contributed by atoms with E-state index < -0.39 is 0 Å². The molecule has 34 heavy (non-hydrogen) atoms. The van der Waals surface area contributed by atoms with Crippen LogP contribution in [0.3, 0.4) is 0 Å². The molecule has 2 heterocycles. The van der Waals surface area contributed by atoms with Crippen molar-refractivity contribution in [2.24, 2.45) is 0 Å². The van der Waals surface area contributed by atoms with Crippen molar-refractivity contribution in [3.05, 3.63) is 88.4 Å². The zero-order chi connectivity index (χ0) is 23.7. The fourth-order valence-electron chi connectivity index (χ4n) is 4.07. The summed E-state index contributed by atoms with van der Waals surface area (Å²) in [5.41, 5.74) is 2.54. The number of halogens is 1. The van der Waals surface area contributed by atoms with Crippen molar-refractivity contribution in [1.82, 2.24) is 9.88 Å². The van der Waals surface area contributed by atoms with Crippen LogP contribution in [0.1, 0.15) is 26.3 Å². The maximum Gasteiger partial charge on any atom is 0.253 e. The van der Waals surface area contributed by atoms with Crippen LogP contribution in [0.4, 0.5) is 5.13 Å². The van der Waals surface area contributed by atoms with Crippen LogP contribution in [0.15, 0.2) is 66.7 Å². The van der Waals surface area contributed by atoms with Crippen LogP contribution in [0.2, 0.25) is 5.02 Å². The monoisotopic (exact) mass is 491 g/mol. The van der Waals surface area contributed by atoms with E-state index in [0.29, 0.717) is 53.6 Å². The Morgan fingerprint density at radius 2 is 1.53 bits per heavy atom. The summed E-state index contributed by atoms with van der Waals surface area (Å²) < 4.78 is 6.44. The van der Waals surface area contributed by atoms with E-state index in [1.165, 1.54) is 0 Å². The number of piperazine rings is 1. The molecule has 6 nitrogen and oxygen atoms in total. The minimum atomic E-state index is -0.0537. The van der Waals surface area contributed by atoms with Gasteiger partial charge in [0.25, 0.3) is 5.91 Å². The number of amides is 1. The molecule has 0 N–H and O–H groups in total. The number of hydrogen-bond donors (Lipinski definition) is 0. The highest BCUT2D eigenvalue weighted by Crippen LogP contribution is 2.38. The maximum atomic E-state index is 13.0. The Morgan fingerprint density at radius 3 is 2.21 bits per heavy atom. The molecule has 0 aliphatic carbocycles. The van der Waals surface area contributed by atoms with Gasteiger partial charge in [-0.05, 0) is 24.3 Å². The van der Waals surface area contributed by atoms with Crippen LogP contribution < -0.4 is 9.64 Å². The average Bonchev–Trinajstić information content (AvgIpc) is 3.33. The lowest BCUT2D eigenvalue weighted by Crippen LogP contribution is -2.48. The van der Waals surface area contributed by atoms with Gasteiger partial charge in [-0.2, -0.15) is 0 Å². The lowest BCUT2D eigenvalue weighted by molar-refractivity contribution is 0.0746. The summed E-state index contributed by atoms with van der Waals surface area (Å²) in [4.78, 5) is 34.4. The van der Waals surface area contributed by atoms with Gasteiger partial charge in [0, 0.05) is 42.9 Å². The van der Waals surface area contributed by atoms with Crippen LogP contribution in [0, 0.1) is 0 Å². The number of ketones is 1. The van der Waals surface area contributed by atoms with Gasteiger partial charge in [0.1, 0.15) is 5.52 Å². The number of methoxy groups -OCH3 is 1. The van der Waals surface area contributed by atoms with Crippen molar-refractivity contribution in [3.8, 4) is 5.75 Å². The molecule has 0 spiro atoms. The summed E-state index contributed by atoms with van der Waals surface area (Å²) in [7, 11) is 1.59. The number of thiazole rings is 1. The molecule has 1 amide bonds. The largest absolute Gasteiger partial charge is 0.493 e. The van der Waals surface area contributed by atoms with Gasteiger partial charge in [0.15, 0.2) is 16.7 Å². The molecule has 1 aromatic heterocycles. The molecule has 0 unspecified atom stereocenters. The quantitative estimate of drug-likeness (QED) is 0.361. The lowest BCUT2D eigenvalue weighted by Gasteiger charge is -2.34. The standard InChI is InChI=1S/C26H22ClN3O3S/c1-33-24-20(27)11-12-21-22(24)28-26(34-21)30-15-13-29(14-16-30)25(32)19-9-7-18(8-10-19)23(31)17-5-3-2-4-6-17/h2-12H,13-16H2,1H3. The van der Waals surface area contributed by atoms with E-state index in [2.05, 4.69) is 4.90 Å². The van der Waals surface area contributed by atoms with Gasteiger partial charge < -0.3 is 14.5 Å². The van der Waals surface area contributed by atoms with Crippen LogP contribution in [0.25, 0.3) is 10.2 Å². The van der Waals surface area contributed by atoms with Crippen molar-refractivity contribution in [2.45, 2.75) is 0 Å². The van der Waals surface area contributed by atoms with Crippen LogP contribution >= 0.6 is 22.9 Å². The van der Waals surface area contributed by atoms with Gasteiger partial charge in [-0.25, -0.2) is 4.98 Å². The van der Waals surface area contributed by atoms with Crippen LogP contribution in [-0.2, 0) is 0 Å². The Bertz CT molecular complexity index is 1350. The minimum absolute atomic E-state index is 0.0314. The number of benzene rings is 3. The molecule has 0 saturated carbocycles. The molecule has 0 atom stereocenters. The van der Waals surface area contributed by atoms with Crippen LogP contribution in [-0.4, -0.2) is 54.9 Å². The normalized spacial score (nSPS) is 13.8. The van der Waals surface area contributed by atoms with E-state index in [-0.39, 0.29) is 11.7 Å². The first kappa shape index (κ1) is 22.4. The molecule has 5 rings (SSSR count). The second kappa shape index (κ2) is 9.44. The Balaban J connectivity index is 1.25. The molecule has 1 aliphatic heterocycles. The number of aromatic nitrogens is 1. The number of rotatable bonds is 5. The van der Waals surface area contributed by atoms with Gasteiger partial charge in [0.05, 0.1) is 16.8 Å². The van der Waals surface area contributed by atoms with E-state index in [4.69, 9.17) is 21.3 Å². The van der Waals surface area contributed by atoms with Crippen molar-refractivity contribution in [1.29, 1.82) is 0 Å². The van der Waals surface area contributed by atoms with Gasteiger partial charge in [-0.1, -0.05) is 65.4 Å². The second-order valence-electron chi connectivity index (χ2n) is 7.98. The highest BCUT2D eigenvalue weighted by Gasteiger charge is 2.25. The molecule has 0 radical (unpaired) electrons. The molecule has 3 aromatic carbocycles. The molecule has 0 bridgehead atoms. The van der Waals surface area contributed by atoms with Crippen molar-refractivity contribution >= 4 is 50.0 Å². The number of hydrogen-bond acceptors (Lipinski definition) is 6. The maximum absolute atomic E-state index is 13.0. The number of anilines is 1. The number of carbonyl (C=O) groups is 2. The smallest absolute Gasteiger partial charge is 0.253 e. The van der Waals surface area contributed by atoms with E-state index >= 15 is 0 Å². The fourth-order valence-corrected chi connectivity index (χ4v) is 5.31. The topological polar surface area (TPSA) is 62.7 Å². The fraction of sp³-hybridized carbons (Fsp3) is 0.192. The highest BCUT2D eigenvalue weighted by atomic mass is 35.5.